The summed E-state index contributed by atoms with van der Waals surface area (Å²) in [5, 5.41) is 3.40. The standard InChI is InChI=1S/C25H23ClN2O3/c1-14-4-2-7-19(10-14)27-21(29)13-20(15-5-3-6-18(26)12-15)28-24(30)22-16-8-9-17(11-16)23(22)25(28)31/h2-10,12,16-17,20,22-23H,11,13H2,1H3,(H,27,29). The molecule has 2 fully saturated rings. The maximum atomic E-state index is 13.4. The number of allylic oxidation sites excluding steroid dienone is 2. The van der Waals surface area contributed by atoms with Crippen LogP contribution in [-0.4, -0.2) is 22.6 Å². The third-order valence-electron chi connectivity index (χ3n) is 6.73. The van der Waals surface area contributed by atoms with Crippen molar-refractivity contribution in [2.24, 2.45) is 23.7 Å². The first-order valence-corrected chi connectivity index (χ1v) is 11.0. The van der Waals surface area contributed by atoms with Gasteiger partial charge < -0.3 is 5.32 Å². The summed E-state index contributed by atoms with van der Waals surface area (Å²) in [6.45, 7) is 1.95. The number of likely N-dealkylation sites (tertiary alicyclic amines) is 1. The zero-order valence-electron chi connectivity index (χ0n) is 17.1. The Morgan fingerprint density at radius 3 is 2.39 bits per heavy atom. The van der Waals surface area contributed by atoms with Crippen molar-refractivity contribution in [1.29, 1.82) is 0 Å². The summed E-state index contributed by atoms with van der Waals surface area (Å²) < 4.78 is 0. The van der Waals surface area contributed by atoms with Gasteiger partial charge in [-0.15, -0.1) is 0 Å². The van der Waals surface area contributed by atoms with Crippen LogP contribution in [-0.2, 0) is 14.4 Å². The Kier molecular flexibility index (Phi) is 4.94. The van der Waals surface area contributed by atoms with Crippen LogP contribution in [0.5, 0.6) is 0 Å². The molecule has 158 valence electrons. The van der Waals surface area contributed by atoms with E-state index in [-0.39, 0.29) is 47.8 Å². The molecule has 6 heteroatoms. The number of fused-ring (bicyclic) bond motifs is 5. The maximum absolute atomic E-state index is 13.4. The van der Waals surface area contributed by atoms with Crippen LogP contribution in [0.1, 0.15) is 30.0 Å². The fraction of sp³-hybridized carbons (Fsp3) is 0.320. The molecule has 3 aliphatic rings. The molecule has 2 aliphatic carbocycles. The molecule has 1 saturated heterocycles. The van der Waals surface area contributed by atoms with Gasteiger partial charge in [-0.3, -0.25) is 19.3 Å². The second-order valence-electron chi connectivity index (χ2n) is 8.74. The fourth-order valence-electron chi connectivity index (χ4n) is 5.42. The highest BCUT2D eigenvalue weighted by Crippen LogP contribution is 2.54. The van der Waals surface area contributed by atoms with Crippen molar-refractivity contribution in [2.75, 3.05) is 5.32 Å². The molecule has 5 nitrogen and oxygen atoms in total. The number of carbonyl (C=O) groups excluding carboxylic acids is 3. The van der Waals surface area contributed by atoms with Crippen LogP contribution in [0.4, 0.5) is 5.69 Å². The molecule has 1 saturated carbocycles. The number of benzene rings is 2. The largest absolute Gasteiger partial charge is 0.326 e. The van der Waals surface area contributed by atoms with Crippen molar-refractivity contribution in [3.8, 4) is 0 Å². The quantitative estimate of drug-likeness (QED) is 0.555. The van der Waals surface area contributed by atoms with Gasteiger partial charge in [0.05, 0.1) is 24.3 Å². The molecule has 1 N–H and O–H groups in total. The van der Waals surface area contributed by atoms with Crippen molar-refractivity contribution in [3.05, 3.63) is 76.8 Å². The fourth-order valence-corrected chi connectivity index (χ4v) is 5.61. The van der Waals surface area contributed by atoms with Gasteiger partial charge in [0.15, 0.2) is 0 Å². The Morgan fingerprint density at radius 1 is 1.06 bits per heavy atom. The number of nitrogens with zero attached hydrogens (tertiary/aromatic N) is 1. The summed E-state index contributed by atoms with van der Waals surface area (Å²) in [5.41, 5.74) is 2.41. The average Bonchev–Trinajstić information content (AvgIpc) is 3.40. The van der Waals surface area contributed by atoms with Crippen LogP contribution in [0.2, 0.25) is 5.02 Å². The molecular formula is C25H23ClN2O3. The van der Waals surface area contributed by atoms with Gasteiger partial charge in [-0.1, -0.05) is 48.0 Å². The van der Waals surface area contributed by atoms with Gasteiger partial charge in [0.2, 0.25) is 17.7 Å². The van der Waals surface area contributed by atoms with Crippen molar-refractivity contribution < 1.29 is 14.4 Å². The molecule has 2 aromatic carbocycles. The van der Waals surface area contributed by atoms with Crippen LogP contribution < -0.4 is 5.32 Å². The van der Waals surface area contributed by atoms with Crippen molar-refractivity contribution in [3.63, 3.8) is 0 Å². The first kappa shape index (κ1) is 20.0. The zero-order valence-corrected chi connectivity index (χ0v) is 17.9. The molecule has 5 unspecified atom stereocenters. The summed E-state index contributed by atoms with van der Waals surface area (Å²) in [7, 11) is 0. The van der Waals surface area contributed by atoms with Crippen LogP contribution >= 0.6 is 11.6 Å². The summed E-state index contributed by atoms with van der Waals surface area (Å²) in [5.74, 6) is -0.946. The predicted molar refractivity (Wildman–Crippen MR) is 118 cm³/mol. The molecular weight excluding hydrogens is 412 g/mol. The minimum Gasteiger partial charge on any atom is -0.326 e. The van der Waals surface area contributed by atoms with Crippen LogP contribution in [0.25, 0.3) is 0 Å². The Labute approximate surface area is 186 Å². The van der Waals surface area contributed by atoms with Gasteiger partial charge in [0.1, 0.15) is 0 Å². The number of carbonyl (C=O) groups is 3. The Morgan fingerprint density at radius 2 is 1.74 bits per heavy atom. The van der Waals surface area contributed by atoms with Gasteiger partial charge in [-0.05, 0) is 60.6 Å². The van der Waals surface area contributed by atoms with Crippen molar-refractivity contribution >= 4 is 35.0 Å². The molecule has 0 aromatic heterocycles. The molecule has 2 aromatic rings. The second kappa shape index (κ2) is 7.65. The lowest BCUT2D eigenvalue weighted by molar-refractivity contribution is -0.144. The lowest BCUT2D eigenvalue weighted by Gasteiger charge is -2.28. The lowest BCUT2D eigenvalue weighted by atomic mass is 9.85. The molecule has 1 aliphatic heterocycles. The van der Waals surface area contributed by atoms with Crippen LogP contribution in [0.3, 0.4) is 0 Å². The minimum atomic E-state index is -0.687. The molecule has 5 rings (SSSR count). The van der Waals surface area contributed by atoms with Gasteiger partial charge in [-0.25, -0.2) is 0 Å². The molecule has 0 spiro atoms. The zero-order chi connectivity index (χ0) is 21.7. The van der Waals surface area contributed by atoms with E-state index < -0.39 is 6.04 Å². The number of imide groups is 1. The summed E-state index contributed by atoms with van der Waals surface area (Å²) in [6.07, 6.45) is 4.99. The molecule has 5 atom stereocenters. The van der Waals surface area contributed by atoms with E-state index in [4.69, 9.17) is 11.6 Å². The predicted octanol–water partition coefficient (Wildman–Crippen LogP) is 4.53. The van der Waals surface area contributed by atoms with E-state index >= 15 is 0 Å². The first-order valence-electron chi connectivity index (χ1n) is 10.6. The highest BCUT2D eigenvalue weighted by molar-refractivity contribution is 6.30. The Balaban J connectivity index is 1.45. The minimum absolute atomic E-state index is 0.0199. The summed E-state index contributed by atoms with van der Waals surface area (Å²) in [4.78, 5) is 41.0. The van der Waals surface area contributed by atoms with Gasteiger partial charge in [-0.2, -0.15) is 0 Å². The summed E-state index contributed by atoms with van der Waals surface area (Å²) in [6, 6.07) is 13.9. The molecule has 0 radical (unpaired) electrons. The van der Waals surface area contributed by atoms with E-state index in [2.05, 4.69) is 17.5 Å². The Bertz CT molecular complexity index is 1080. The normalized spacial score (nSPS) is 27.0. The molecule has 3 amide bonds. The number of hydrogen-bond acceptors (Lipinski definition) is 3. The van der Waals surface area contributed by atoms with E-state index in [0.717, 1.165) is 12.0 Å². The highest BCUT2D eigenvalue weighted by Gasteiger charge is 2.60. The summed E-state index contributed by atoms with van der Waals surface area (Å²) >= 11 is 6.21. The van der Waals surface area contributed by atoms with E-state index in [1.54, 1.807) is 18.2 Å². The van der Waals surface area contributed by atoms with E-state index in [1.807, 2.05) is 37.3 Å². The number of nitrogens with one attached hydrogen (secondary N) is 1. The third kappa shape index (κ3) is 3.47. The molecule has 2 bridgehead atoms. The smallest absolute Gasteiger partial charge is 0.234 e. The maximum Gasteiger partial charge on any atom is 0.234 e. The van der Waals surface area contributed by atoms with Crippen molar-refractivity contribution in [2.45, 2.75) is 25.8 Å². The van der Waals surface area contributed by atoms with Crippen molar-refractivity contribution in [1.82, 2.24) is 4.90 Å². The number of halogens is 1. The monoisotopic (exact) mass is 434 g/mol. The number of aryl methyl sites for hydroxylation is 1. The van der Waals surface area contributed by atoms with E-state index in [9.17, 15) is 14.4 Å². The van der Waals surface area contributed by atoms with Gasteiger partial charge in [0.25, 0.3) is 0 Å². The molecule has 31 heavy (non-hydrogen) atoms. The van der Waals surface area contributed by atoms with E-state index in [0.29, 0.717) is 16.3 Å². The second-order valence-corrected chi connectivity index (χ2v) is 9.18. The van der Waals surface area contributed by atoms with E-state index in [1.165, 1.54) is 4.90 Å². The number of anilines is 1. The Hall–Kier alpha value is -2.92. The third-order valence-corrected chi connectivity index (χ3v) is 6.97. The highest BCUT2D eigenvalue weighted by atomic mass is 35.5. The van der Waals surface area contributed by atoms with Crippen LogP contribution in [0, 0.1) is 30.6 Å². The first-order chi connectivity index (χ1) is 14.9. The van der Waals surface area contributed by atoms with Crippen LogP contribution in [0.15, 0.2) is 60.7 Å². The average molecular weight is 435 g/mol. The lowest BCUT2D eigenvalue weighted by Crippen LogP contribution is -2.38. The van der Waals surface area contributed by atoms with Gasteiger partial charge in [0, 0.05) is 10.7 Å². The topological polar surface area (TPSA) is 66.5 Å². The SMILES string of the molecule is Cc1cccc(NC(=O)CC(c2cccc(Cl)c2)N2C(=O)C3C4C=CC(C4)C3C2=O)c1. The van der Waals surface area contributed by atoms with Gasteiger partial charge >= 0.3 is 0 Å². The number of rotatable bonds is 5. The molecule has 1 heterocycles. The number of hydrogen-bond donors (Lipinski definition) is 1. The number of amides is 3.